The highest BCUT2D eigenvalue weighted by Gasteiger charge is 2.10. The lowest BCUT2D eigenvalue weighted by molar-refractivity contribution is -0.169. The Bertz CT molecular complexity index is 195. The molecule has 1 atom stereocenters. The van der Waals surface area contributed by atoms with E-state index in [1.807, 2.05) is 19.0 Å². The van der Waals surface area contributed by atoms with Crippen LogP contribution in [0.15, 0.2) is 0 Å². The Morgan fingerprint density at radius 3 is 2.47 bits per heavy atom. The minimum absolute atomic E-state index is 0.284. The fraction of sp³-hybridized carbons (Fsp3) is 0.923. The molecule has 0 aromatic rings. The fourth-order valence-electron chi connectivity index (χ4n) is 1.51. The smallest absolute Gasteiger partial charge is 0.308 e. The predicted octanol–water partition coefficient (Wildman–Crippen LogP) is 2.16. The first-order valence-electron chi connectivity index (χ1n) is 6.58. The van der Waals surface area contributed by atoms with Gasteiger partial charge in [0.15, 0.2) is 0 Å². The second-order valence-electron chi connectivity index (χ2n) is 4.70. The maximum absolute atomic E-state index is 11.3. The molecule has 0 saturated heterocycles. The molecule has 0 radical (unpaired) electrons. The van der Waals surface area contributed by atoms with Crippen LogP contribution in [-0.4, -0.2) is 42.9 Å². The fourth-order valence-corrected chi connectivity index (χ4v) is 1.51. The molecule has 0 bridgehead atoms. The van der Waals surface area contributed by atoms with Gasteiger partial charge in [0.1, 0.15) is 0 Å². The molecule has 1 unspecified atom stereocenters. The Labute approximate surface area is 105 Å². The van der Waals surface area contributed by atoms with Gasteiger partial charge in [-0.1, -0.05) is 32.6 Å². The van der Waals surface area contributed by atoms with E-state index in [-0.39, 0.29) is 5.97 Å². The predicted molar refractivity (Wildman–Crippen MR) is 68.6 cm³/mol. The lowest BCUT2D eigenvalue weighted by Crippen LogP contribution is -2.23. The van der Waals surface area contributed by atoms with Gasteiger partial charge in [0.25, 0.3) is 0 Å². The monoisotopic (exact) mass is 245 g/mol. The number of hydrogen-bond acceptors (Lipinski definition) is 4. The Morgan fingerprint density at radius 1 is 1.24 bits per heavy atom. The molecule has 102 valence electrons. The van der Waals surface area contributed by atoms with E-state index in [0.717, 1.165) is 12.8 Å². The number of ether oxygens (including phenoxy) is 1. The van der Waals surface area contributed by atoms with Gasteiger partial charge in [0.05, 0.1) is 0 Å². The number of aliphatic hydroxyl groups excluding tert-OH is 1. The molecule has 0 heterocycles. The van der Waals surface area contributed by atoms with Crippen LogP contribution in [0.25, 0.3) is 0 Å². The molecule has 0 spiro atoms. The Hall–Kier alpha value is -0.610. The summed E-state index contributed by atoms with van der Waals surface area (Å²) in [4.78, 5) is 13.3. The normalized spacial score (nSPS) is 12.8. The van der Waals surface area contributed by atoms with Crippen LogP contribution < -0.4 is 0 Å². The van der Waals surface area contributed by atoms with E-state index < -0.39 is 6.29 Å². The highest BCUT2D eigenvalue weighted by Crippen LogP contribution is 2.07. The standard InChI is InChI=1S/C13H27NO3/c1-4-5-6-7-8-9-12(15)17-13(16)10-11-14(2)3/h13,16H,4-11H2,1-3H3. The summed E-state index contributed by atoms with van der Waals surface area (Å²) in [6.45, 7) is 2.88. The number of hydrogen-bond donors (Lipinski definition) is 1. The van der Waals surface area contributed by atoms with Crippen molar-refractivity contribution in [2.45, 2.75) is 58.2 Å². The Balaban J connectivity index is 3.44. The molecule has 17 heavy (non-hydrogen) atoms. The van der Waals surface area contributed by atoms with Crippen molar-refractivity contribution < 1.29 is 14.6 Å². The molecule has 0 fully saturated rings. The zero-order valence-electron chi connectivity index (χ0n) is 11.4. The van der Waals surface area contributed by atoms with Gasteiger partial charge >= 0.3 is 5.97 Å². The van der Waals surface area contributed by atoms with Crippen LogP contribution in [-0.2, 0) is 9.53 Å². The molecule has 1 N–H and O–H groups in total. The molecule has 4 nitrogen and oxygen atoms in total. The highest BCUT2D eigenvalue weighted by molar-refractivity contribution is 5.69. The number of unbranched alkanes of at least 4 members (excludes halogenated alkanes) is 4. The van der Waals surface area contributed by atoms with Crippen LogP contribution >= 0.6 is 0 Å². The average Bonchev–Trinajstić information content (AvgIpc) is 2.26. The van der Waals surface area contributed by atoms with E-state index in [1.54, 1.807) is 0 Å². The number of carbonyl (C=O) groups is 1. The second kappa shape index (κ2) is 10.5. The van der Waals surface area contributed by atoms with Crippen molar-refractivity contribution in [3.63, 3.8) is 0 Å². The SMILES string of the molecule is CCCCCCCC(=O)OC(O)CCN(C)C. The van der Waals surface area contributed by atoms with E-state index >= 15 is 0 Å². The summed E-state index contributed by atoms with van der Waals surface area (Å²) in [6, 6.07) is 0. The van der Waals surface area contributed by atoms with Gasteiger partial charge in [-0.15, -0.1) is 0 Å². The molecule has 0 rings (SSSR count). The first-order chi connectivity index (χ1) is 8.06. The summed E-state index contributed by atoms with van der Waals surface area (Å²) in [5, 5.41) is 9.44. The second-order valence-corrected chi connectivity index (χ2v) is 4.70. The molecular formula is C13H27NO3. The van der Waals surface area contributed by atoms with Gasteiger partial charge in [-0.2, -0.15) is 0 Å². The van der Waals surface area contributed by atoms with Crippen LogP contribution in [0, 0.1) is 0 Å². The zero-order chi connectivity index (χ0) is 13.1. The third-order valence-corrected chi connectivity index (χ3v) is 2.58. The van der Waals surface area contributed by atoms with Crippen molar-refractivity contribution in [1.82, 2.24) is 4.90 Å². The minimum atomic E-state index is -0.958. The van der Waals surface area contributed by atoms with E-state index in [0.29, 0.717) is 19.4 Å². The molecule has 0 aliphatic rings. The number of esters is 1. The molecule has 0 aliphatic carbocycles. The van der Waals surface area contributed by atoms with Crippen LogP contribution in [0.3, 0.4) is 0 Å². The van der Waals surface area contributed by atoms with Gasteiger partial charge in [0, 0.05) is 19.4 Å². The summed E-state index contributed by atoms with van der Waals surface area (Å²) < 4.78 is 4.90. The van der Waals surface area contributed by atoms with Crippen LogP contribution in [0.2, 0.25) is 0 Å². The zero-order valence-corrected chi connectivity index (χ0v) is 11.4. The van der Waals surface area contributed by atoms with Crippen LogP contribution in [0.5, 0.6) is 0 Å². The molecule has 0 aromatic heterocycles. The van der Waals surface area contributed by atoms with E-state index in [4.69, 9.17) is 4.74 Å². The maximum Gasteiger partial charge on any atom is 0.308 e. The topological polar surface area (TPSA) is 49.8 Å². The minimum Gasteiger partial charge on any atom is -0.436 e. The largest absolute Gasteiger partial charge is 0.436 e. The first kappa shape index (κ1) is 16.4. The number of aliphatic hydroxyl groups is 1. The van der Waals surface area contributed by atoms with Gasteiger partial charge in [0.2, 0.25) is 6.29 Å². The average molecular weight is 245 g/mol. The molecule has 0 saturated carbocycles. The van der Waals surface area contributed by atoms with Gasteiger partial charge in [-0.25, -0.2) is 0 Å². The molecule has 0 aliphatic heterocycles. The van der Waals surface area contributed by atoms with Gasteiger partial charge in [-0.3, -0.25) is 4.79 Å². The van der Waals surface area contributed by atoms with Crippen molar-refractivity contribution >= 4 is 5.97 Å². The number of rotatable bonds is 10. The first-order valence-corrected chi connectivity index (χ1v) is 6.58. The third-order valence-electron chi connectivity index (χ3n) is 2.58. The molecule has 0 amide bonds. The summed E-state index contributed by atoms with van der Waals surface area (Å²) in [5.74, 6) is -0.284. The summed E-state index contributed by atoms with van der Waals surface area (Å²) in [6.07, 6.45) is 5.45. The van der Waals surface area contributed by atoms with E-state index in [1.165, 1.54) is 19.3 Å². The van der Waals surface area contributed by atoms with Gasteiger partial charge in [-0.05, 0) is 20.5 Å². The highest BCUT2D eigenvalue weighted by atomic mass is 16.6. The summed E-state index contributed by atoms with van der Waals surface area (Å²) >= 11 is 0. The van der Waals surface area contributed by atoms with Gasteiger partial charge < -0.3 is 14.7 Å². The Morgan fingerprint density at radius 2 is 1.88 bits per heavy atom. The number of nitrogens with zero attached hydrogens (tertiary/aromatic N) is 1. The summed E-state index contributed by atoms with van der Waals surface area (Å²) in [7, 11) is 3.84. The van der Waals surface area contributed by atoms with Crippen molar-refractivity contribution in [3.05, 3.63) is 0 Å². The third kappa shape index (κ3) is 11.6. The van der Waals surface area contributed by atoms with Crippen LogP contribution in [0.4, 0.5) is 0 Å². The lowest BCUT2D eigenvalue weighted by atomic mass is 10.1. The van der Waals surface area contributed by atoms with Crippen molar-refractivity contribution in [3.8, 4) is 0 Å². The van der Waals surface area contributed by atoms with Crippen molar-refractivity contribution in [1.29, 1.82) is 0 Å². The number of carbonyl (C=O) groups excluding carboxylic acids is 1. The maximum atomic E-state index is 11.3. The summed E-state index contributed by atoms with van der Waals surface area (Å²) in [5.41, 5.74) is 0. The van der Waals surface area contributed by atoms with Crippen molar-refractivity contribution in [2.24, 2.45) is 0 Å². The van der Waals surface area contributed by atoms with Crippen molar-refractivity contribution in [2.75, 3.05) is 20.6 Å². The Kier molecular flexibility index (Phi) is 10.2. The quantitative estimate of drug-likeness (QED) is 0.364. The van der Waals surface area contributed by atoms with E-state index in [2.05, 4.69) is 6.92 Å². The van der Waals surface area contributed by atoms with Crippen LogP contribution in [0.1, 0.15) is 51.9 Å². The molecule has 0 aromatic carbocycles. The van der Waals surface area contributed by atoms with E-state index in [9.17, 15) is 9.90 Å². The molecule has 4 heteroatoms. The molecular weight excluding hydrogens is 218 g/mol. The lowest BCUT2D eigenvalue weighted by Gasteiger charge is -2.14.